The number of benzene rings is 1. The Kier molecular flexibility index (Phi) is 4.57. The first-order chi connectivity index (χ1) is 13.2. The summed E-state index contributed by atoms with van der Waals surface area (Å²) >= 11 is 0. The third-order valence-electron chi connectivity index (χ3n) is 5.47. The van der Waals surface area contributed by atoms with Crippen LogP contribution in [0.5, 0.6) is 5.75 Å². The van der Waals surface area contributed by atoms with Crippen LogP contribution in [0.25, 0.3) is 16.6 Å². The fraction of sp³-hybridized carbons (Fsp3) is 0.524. The molecule has 1 aromatic carbocycles. The molecule has 1 saturated heterocycles. The van der Waals surface area contributed by atoms with E-state index in [1.165, 1.54) is 5.57 Å². The first kappa shape index (κ1) is 18.8. The molecule has 7 heteroatoms. The molecule has 4 rings (SSSR count). The minimum atomic E-state index is -0.0730. The van der Waals surface area contributed by atoms with Crippen molar-refractivity contribution in [1.82, 2.24) is 25.7 Å². The van der Waals surface area contributed by atoms with Gasteiger partial charge in [-0.2, -0.15) is 0 Å². The molecule has 150 valence electrons. The fourth-order valence-corrected chi connectivity index (χ4v) is 3.76. The molecule has 0 bridgehead atoms. The van der Waals surface area contributed by atoms with Crippen molar-refractivity contribution in [2.24, 2.45) is 5.92 Å². The van der Waals surface area contributed by atoms with Crippen molar-refractivity contribution in [2.75, 3.05) is 13.1 Å². The lowest BCUT2D eigenvalue weighted by Crippen LogP contribution is -2.43. The average molecular weight is 383 g/mol. The van der Waals surface area contributed by atoms with E-state index in [9.17, 15) is 4.79 Å². The molecule has 2 aromatic rings. The highest BCUT2D eigenvalue weighted by Gasteiger charge is 2.29. The molecule has 0 spiro atoms. The predicted molar refractivity (Wildman–Crippen MR) is 110 cm³/mol. The van der Waals surface area contributed by atoms with Gasteiger partial charge in [0.05, 0.1) is 5.52 Å². The molecule has 7 nitrogen and oxygen atoms in total. The summed E-state index contributed by atoms with van der Waals surface area (Å²) in [5.74, 6) is 1.89. The smallest absolute Gasteiger partial charge is 0.220 e. The van der Waals surface area contributed by atoms with Gasteiger partial charge in [0.2, 0.25) is 5.91 Å². The molecular formula is C21H29N5O2. The minimum absolute atomic E-state index is 0.00623. The maximum absolute atomic E-state index is 11.6. The Hall–Kier alpha value is -2.54. The molecule has 2 aliphatic heterocycles. The van der Waals surface area contributed by atoms with Gasteiger partial charge in [0.1, 0.15) is 23.2 Å². The van der Waals surface area contributed by atoms with E-state index >= 15 is 0 Å². The Labute approximate surface area is 165 Å². The van der Waals surface area contributed by atoms with Crippen molar-refractivity contribution < 1.29 is 9.53 Å². The average Bonchev–Trinajstić information content (AvgIpc) is 3.32. The number of hydrazine groups is 1. The number of carbonyl (C=O) groups is 1. The number of hydrogen-bond acceptors (Lipinski definition) is 5. The highest BCUT2D eigenvalue weighted by molar-refractivity contribution is 5.87. The number of ether oxygens (including phenoxy) is 1. The van der Waals surface area contributed by atoms with Crippen molar-refractivity contribution in [3.63, 3.8) is 0 Å². The summed E-state index contributed by atoms with van der Waals surface area (Å²) in [4.78, 5) is 19.5. The van der Waals surface area contributed by atoms with Crippen molar-refractivity contribution in [2.45, 2.75) is 52.7 Å². The summed E-state index contributed by atoms with van der Waals surface area (Å²) in [7, 11) is 0. The maximum atomic E-state index is 11.6. The second-order valence-electron chi connectivity index (χ2n) is 8.81. The van der Waals surface area contributed by atoms with Crippen LogP contribution in [0.1, 0.15) is 45.5 Å². The van der Waals surface area contributed by atoms with Crippen molar-refractivity contribution in [1.29, 1.82) is 0 Å². The molecule has 2 unspecified atom stereocenters. The van der Waals surface area contributed by atoms with Crippen LogP contribution in [0.2, 0.25) is 0 Å². The van der Waals surface area contributed by atoms with Gasteiger partial charge >= 0.3 is 0 Å². The summed E-state index contributed by atoms with van der Waals surface area (Å²) in [6.07, 6.45) is 2.60. The van der Waals surface area contributed by atoms with E-state index in [1.54, 1.807) is 0 Å². The lowest BCUT2D eigenvalue weighted by Gasteiger charge is -2.31. The third kappa shape index (κ3) is 3.58. The zero-order valence-electron chi connectivity index (χ0n) is 17.2. The number of carbonyl (C=O) groups excluding carboxylic acids is 1. The molecule has 1 amide bonds. The normalized spacial score (nSPS) is 21.2. The van der Waals surface area contributed by atoms with Crippen molar-refractivity contribution in [3.8, 4) is 5.75 Å². The maximum Gasteiger partial charge on any atom is 0.220 e. The number of amides is 1. The molecule has 3 N–H and O–H groups in total. The number of fused-ring (bicyclic) bond motifs is 1. The first-order valence-corrected chi connectivity index (χ1v) is 9.88. The number of aromatic nitrogens is 2. The van der Waals surface area contributed by atoms with Gasteiger partial charge in [0.15, 0.2) is 0 Å². The van der Waals surface area contributed by atoms with E-state index in [-0.39, 0.29) is 23.5 Å². The van der Waals surface area contributed by atoms with E-state index in [4.69, 9.17) is 4.74 Å². The molecule has 0 saturated carbocycles. The molecule has 2 atom stereocenters. The van der Waals surface area contributed by atoms with Crippen LogP contribution < -0.4 is 15.5 Å². The molecule has 1 fully saturated rings. The van der Waals surface area contributed by atoms with Crippen LogP contribution >= 0.6 is 0 Å². The van der Waals surface area contributed by atoms with Crippen LogP contribution in [0, 0.1) is 12.8 Å². The number of nitrogens with one attached hydrogen (secondary N) is 3. The standard InChI is InChI=1S/C21H29N5O2/c1-12(15-8-19(27)22-9-15)28-18-7-14(6-17-20(18)25-13(2)24-17)16-10-23-26(11-16)21(3,4)5/h6-7,11-12,15,23H,8-10H2,1-5H3,(H,22,27)(H,24,25). The zero-order chi connectivity index (χ0) is 20.1. The van der Waals surface area contributed by atoms with Gasteiger partial charge in [-0.15, -0.1) is 0 Å². The Bertz CT molecular complexity index is 940. The summed E-state index contributed by atoms with van der Waals surface area (Å²) in [5, 5.41) is 5.03. The van der Waals surface area contributed by atoms with Crippen LogP contribution in [-0.4, -0.2) is 45.6 Å². The second kappa shape index (κ2) is 6.81. The minimum Gasteiger partial charge on any atom is -0.488 e. The van der Waals surface area contributed by atoms with E-state index in [0.29, 0.717) is 13.0 Å². The van der Waals surface area contributed by atoms with Crippen molar-refractivity contribution >= 4 is 22.5 Å². The highest BCUT2D eigenvalue weighted by Crippen LogP contribution is 2.33. The van der Waals surface area contributed by atoms with Gasteiger partial charge < -0.3 is 20.0 Å². The Morgan fingerprint density at radius 2 is 2.11 bits per heavy atom. The van der Waals surface area contributed by atoms with E-state index in [1.807, 2.05) is 13.8 Å². The number of aromatic amines is 1. The largest absolute Gasteiger partial charge is 0.488 e. The number of nitrogens with zero attached hydrogens (tertiary/aromatic N) is 2. The monoisotopic (exact) mass is 383 g/mol. The topological polar surface area (TPSA) is 82.3 Å². The van der Waals surface area contributed by atoms with Gasteiger partial charge in [0, 0.05) is 37.2 Å². The molecular weight excluding hydrogens is 354 g/mol. The van der Waals surface area contributed by atoms with Gasteiger partial charge in [-0.25, -0.2) is 10.4 Å². The van der Waals surface area contributed by atoms with Gasteiger partial charge in [0.25, 0.3) is 0 Å². The Morgan fingerprint density at radius 3 is 2.75 bits per heavy atom. The number of rotatable bonds is 4. The zero-order valence-corrected chi connectivity index (χ0v) is 17.2. The van der Waals surface area contributed by atoms with Gasteiger partial charge in [-0.3, -0.25) is 4.79 Å². The number of hydrogen-bond donors (Lipinski definition) is 3. The van der Waals surface area contributed by atoms with E-state index in [0.717, 1.165) is 34.7 Å². The number of aryl methyl sites for hydroxylation is 1. The molecule has 2 aliphatic rings. The van der Waals surface area contributed by atoms with Gasteiger partial charge in [-0.1, -0.05) is 0 Å². The lowest BCUT2D eigenvalue weighted by atomic mass is 10.0. The Balaban J connectivity index is 1.67. The summed E-state index contributed by atoms with van der Waals surface area (Å²) in [6, 6.07) is 4.20. The summed E-state index contributed by atoms with van der Waals surface area (Å²) in [5.41, 5.74) is 7.56. The van der Waals surface area contributed by atoms with Crippen LogP contribution in [-0.2, 0) is 4.79 Å². The van der Waals surface area contributed by atoms with E-state index in [2.05, 4.69) is 64.8 Å². The van der Waals surface area contributed by atoms with E-state index < -0.39 is 0 Å². The van der Waals surface area contributed by atoms with Crippen LogP contribution in [0.3, 0.4) is 0 Å². The first-order valence-electron chi connectivity index (χ1n) is 9.88. The van der Waals surface area contributed by atoms with Crippen LogP contribution in [0.4, 0.5) is 0 Å². The van der Waals surface area contributed by atoms with Crippen LogP contribution in [0.15, 0.2) is 18.3 Å². The molecule has 0 radical (unpaired) electrons. The molecule has 3 heterocycles. The summed E-state index contributed by atoms with van der Waals surface area (Å²) in [6.45, 7) is 11.9. The molecule has 28 heavy (non-hydrogen) atoms. The number of H-pyrrole nitrogens is 1. The second-order valence-corrected chi connectivity index (χ2v) is 8.81. The lowest BCUT2D eigenvalue weighted by molar-refractivity contribution is -0.119. The fourth-order valence-electron chi connectivity index (χ4n) is 3.76. The number of imidazole rings is 1. The van der Waals surface area contributed by atoms with Crippen molar-refractivity contribution in [3.05, 3.63) is 29.7 Å². The molecule has 0 aliphatic carbocycles. The predicted octanol–water partition coefficient (Wildman–Crippen LogP) is 2.73. The molecule has 1 aromatic heterocycles. The third-order valence-corrected chi connectivity index (χ3v) is 5.47. The SMILES string of the molecule is Cc1nc2c(OC(C)C3CNC(=O)C3)cc(C3=CN(C(C)(C)C)NC3)cc2[nH]1. The summed E-state index contributed by atoms with van der Waals surface area (Å²) < 4.78 is 6.33. The Morgan fingerprint density at radius 1 is 1.32 bits per heavy atom. The quantitative estimate of drug-likeness (QED) is 0.756. The van der Waals surface area contributed by atoms with Gasteiger partial charge in [-0.05, 0) is 57.9 Å². The highest BCUT2D eigenvalue weighted by atomic mass is 16.5.